The van der Waals surface area contributed by atoms with E-state index >= 15 is 0 Å². The molecule has 0 aliphatic heterocycles. The van der Waals surface area contributed by atoms with Crippen molar-refractivity contribution in [3.63, 3.8) is 0 Å². The predicted octanol–water partition coefficient (Wildman–Crippen LogP) is 2.91. The van der Waals surface area contributed by atoms with Gasteiger partial charge in [-0.25, -0.2) is 9.78 Å². The summed E-state index contributed by atoms with van der Waals surface area (Å²) in [6, 6.07) is 1.87. The second-order valence-electron chi connectivity index (χ2n) is 2.65. The van der Waals surface area contributed by atoms with Gasteiger partial charge >= 0.3 is 5.97 Å². The number of carbonyl (C=O) groups is 1. The quantitative estimate of drug-likeness (QED) is 0.894. The molecule has 0 spiro atoms. The van der Waals surface area contributed by atoms with Crippen LogP contribution in [-0.4, -0.2) is 16.1 Å². The van der Waals surface area contributed by atoms with E-state index in [1.54, 1.807) is 0 Å². The largest absolute Gasteiger partial charge is 0.476 e. The van der Waals surface area contributed by atoms with Gasteiger partial charge in [0.25, 0.3) is 0 Å². The molecule has 2 rings (SSSR count). The van der Waals surface area contributed by atoms with Crippen LogP contribution in [0.15, 0.2) is 15.2 Å². The molecule has 15 heavy (non-hydrogen) atoms. The molecule has 0 saturated carbocycles. The minimum absolute atomic E-state index is 0.0758. The summed E-state index contributed by atoms with van der Waals surface area (Å²) < 4.78 is 0.924. The third-order valence-electron chi connectivity index (χ3n) is 1.70. The van der Waals surface area contributed by atoms with Gasteiger partial charge in [0.1, 0.15) is 10.0 Å². The highest BCUT2D eigenvalue weighted by molar-refractivity contribution is 9.11. The van der Waals surface area contributed by atoms with Gasteiger partial charge in [0.2, 0.25) is 0 Å². The molecule has 0 atom stereocenters. The summed E-state index contributed by atoms with van der Waals surface area (Å²) >= 11 is 6.07. The van der Waals surface area contributed by atoms with Gasteiger partial charge in [-0.1, -0.05) is 11.3 Å². The van der Waals surface area contributed by atoms with Crippen molar-refractivity contribution in [1.82, 2.24) is 4.98 Å². The number of thiazole rings is 1. The van der Waals surface area contributed by atoms with Crippen LogP contribution >= 0.6 is 38.6 Å². The molecule has 2 aromatic rings. The van der Waals surface area contributed by atoms with E-state index in [4.69, 9.17) is 10.8 Å². The van der Waals surface area contributed by atoms with Gasteiger partial charge in [-0.2, -0.15) is 0 Å². The van der Waals surface area contributed by atoms with E-state index in [-0.39, 0.29) is 10.7 Å². The lowest BCUT2D eigenvalue weighted by Gasteiger charge is -1.89. The maximum Gasteiger partial charge on any atom is 0.357 e. The minimum Gasteiger partial charge on any atom is -0.476 e. The summed E-state index contributed by atoms with van der Waals surface area (Å²) in [6.45, 7) is 0. The van der Waals surface area contributed by atoms with Gasteiger partial charge in [-0.3, -0.25) is 0 Å². The fourth-order valence-corrected chi connectivity index (χ4v) is 3.36. The number of rotatable bonds is 2. The number of hydrogen-bond donors (Lipinski definition) is 2. The molecule has 4 nitrogen and oxygen atoms in total. The standard InChI is InChI=1S/C8H5BrN2O2S2/c9-5-3(1-2-14-5)7-11-4(8(12)13)6(10)15-7/h1-2H,10H2,(H,12,13). The summed E-state index contributed by atoms with van der Waals surface area (Å²) in [5.74, 6) is -1.10. The average molecular weight is 305 g/mol. The Morgan fingerprint density at radius 2 is 2.33 bits per heavy atom. The first kappa shape index (κ1) is 10.6. The fraction of sp³-hybridized carbons (Fsp3) is 0. The van der Waals surface area contributed by atoms with E-state index < -0.39 is 5.97 Å². The number of thiophene rings is 1. The van der Waals surface area contributed by atoms with Crippen LogP contribution in [0.25, 0.3) is 10.6 Å². The van der Waals surface area contributed by atoms with Crippen LogP contribution in [0.4, 0.5) is 5.00 Å². The van der Waals surface area contributed by atoms with Gasteiger partial charge in [0, 0.05) is 5.56 Å². The summed E-state index contributed by atoms with van der Waals surface area (Å²) in [6.07, 6.45) is 0. The highest BCUT2D eigenvalue weighted by Crippen LogP contribution is 2.37. The van der Waals surface area contributed by atoms with Crippen molar-refractivity contribution in [2.45, 2.75) is 0 Å². The van der Waals surface area contributed by atoms with Crippen LogP contribution in [0.1, 0.15) is 10.5 Å². The van der Waals surface area contributed by atoms with E-state index in [1.165, 1.54) is 22.7 Å². The molecule has 0 aliphatic carbocycles. The normalized spacial score (nSPS) is 10.5. The monoisotopic (exact) mass is 304 g/mol. The molecule has 0 radical (unpaired) electrons. The Hall–Kier alpha value is -0.920. The average Bonchev–Trinajstić information content (AvgIpc) is 2.71. The molecule has 0 fully saturated rings. The van der Waals surface area contributed by atoms with Crippen LogP contribution in [-0.2, 0) is 0 Å². The molecule has 7 heteroatoms. The first-order valence-corrected chi connectivity index (χ1v) is 6.31. The Bertz CT molecular complexity index is 520. The lowest BCUT2D eigenvalue weighted by atomic mass is 10.3. The SMILES string of the molecule is Nc1sc(-c2ccsc2Br)nc1C(=O)O. The highest BCUT2D eigenvalue weighted by atomic mass is 79.9. The van der Waals surface area contributed by atoms with Crippen molar-refractivity contribution >= 4 is 49.6 Å². The van der Waals surface area contributed by atoms with Crippen molar-refractivity contribution in [2.24, 2.45) is 0 Å². The van der Waals surface area contributed by atoms with Crippen molar-refractivity contribution in [3.05, 3.63) is 20.9 Å². The molecular weight excluding hydrogens is 300 g/mol. The van der Waals surface area contributed by atoms with Gasteiger partial charge in [-0.15, -0.1) is 11.3 Å². The molecule has 0 amide bonds. The van der Waals surface area contributed by atoms with E-state index in [2.05, 4.69) is 20.9 Å². The van der Waals surface area contributed by atoms with Crippen molar-refractivity contribution in [1.29, 1.82) is 0 Å². The van der Waals surface area contributed by atoms with Gasteiger partial charge in [-0.05, 0) is 27.4 Å². The van der Waals surface area contributed by atoms with Crippen LogP contribution in [0, 0.1) is 0 Å². The van der Waals surface area contributed by atoms with E-state index in [1.807, 2.05) is 11.4 Å². The number of nitrogen functional groups attached to an aromatic ring is 1. The van der Waals surface area contributed by atoms with Crippen molar-refractivity contribution < 1.29 is 9.90 Å². The summed E-state index contributed by atoms with van der Waals surface area (Å²) in [5.41, 5.74) is 6.36. The first-order valence-electron chi connectivity index (χ1n) is 3.82. The molecule has 0 saturated heterocycles. The van der Waals surface area contributed by atoms with Gasteiger partial charge < -0.3 is 10.8 Å². The van der Waals surface area contributed by atoms with Gasteiger partial charge in [0.15, 0.2) is 5.69 Å². The van der Waals surface area contributed by atoms with Crippen LogP contribution in [0.2, 0.25) is 0 Å². The summed E-state index contributed by atoms with van der Waals surface area (Å²) in [7, 11) is 0. The first-order chi connectivity index (χ1) is 7.09. The molecule has 0 aliphatic rings. The lowest BCUT2D eigenvalue weighted by Crippen LogP contribution is -2.00. The second-order valence-corrected chi connectivity index (χ2v) is 5.91. The predicted molar refractivity (Wildman–Crippen MR) is 64.5 cm³/mol. The van der Waals surface area contributed by atoms with Crippen molar-refractivity contribution in [2.75, 3.05) is 5.73 Å². The molecule has 78 valence electrons. The number of nitrogens with zero attached hydrogens (tertiary/aromatic N) is 1. The van der Waals surface area contributed by atoms with Crippen LogP contribution in [0.5, 0.6) is 0 Å². The molecule has 0 unspecified atom stereocenters. The topological polar surface area (TPSA) is 76.2 Å². The smallest absolute Gasteiger partial charge is 0.357 e. The number of hydrogen-bond acceptors (Lipinski definition) is 5. The number of carboxylic acids is 1. The van der Waals surface area contributed by atoms with Gasteiger partial charge in [0.05, 0.1) is 3.79 Å². The Labute approximate surface area is 102 Å². The molecule has 0 aromatic carbocycles. The number of anilines is 1. The van der Waals surface area contributed by atoms with Crippen LogP contribution < -0.4 is 5.73 Å². The molecule has 2 heterocycles. The highest BCUT2D eigenvalue weighted by Gasteiger charge is 2.17. The number of halogens is 1. The zero-order valence-electron chi connectivity index (χ0n) is 7.23. The molecular formula is C8H5BrN2O2S2. The van der Waals surface area contributed by atoms with Crippen LogP contribution in [0.3, 0.4) is 0 Å². The maximum absolute atomic E-state index is 10.7. The third-order valence-corrected chi connectivity index (χ3v) is 4.31. The maximum atomic E-state index is 10.7. The van der Waals surface area contributed by atoms with E-state index in [0.717, 1.165) is 9.35 Å². The minimum atomic E-state index is -1.10. The van der Waals surface area contributed by atoms with E-state index in [0.29, 0.717) is 5.01 Å². The molecule has 2 aromatic heterocycles. The molecule has 0 bridgehead atoms. The Morgan fingerprint density at radius 3 is 2.80 bits per heavy atom. The number of aromatic carboxylic acids is 1. The Morgan fingerprint density at radius 1 is 1.60 bits per heavy atom. The second kappa shape index (κ2) is 3.92. The fourth-order valence-electron chi connectivity index (χ4n) is 1.05. The Kier molecular flexibility index (Phi) is 2.76. The Balaban J connectivity index is 2.52. The number of aromatic nitrogens is 1. The number of nitrogens with two attached hydrogens (primary N) is 1. The molecule has 3 N–H and O–H groups in total. The lowest BCUT2D eigenvalue weighted by molar-refractivity contribution is 0.0692. The zero-order valence-corrected chi connectivity index (χ0v) is 10.4. The summed E-state index contributed by atoms with van der Waals surface area (Å²) in [4.78, 5) is 14.7. The van der Waals surface area contributed by atoms with E-state index in [9.17, 15) is 4.79 Å². The van der Waals surface area contributed by atoms with Crippen molar-refractivity contribution in [3.8, 4) is 10.6 Å². The zero-order chi connectivity index (χ0) is 11.0. The third kappa shape index (κ3) is 1.90. The summed E-state index contributed by atoms with van der Waals surface area (Å²) in [5, 5.41) is 11.6. The number of carboxylic acid groups (broad SMARTS) is 1.